The van der Waals surface area contributed by atoms with Crippen molar-refractivity contribution in [3.05, 3.63) is 28.9 Å². The first-order chi connectivity index (χ1) is 12.0. The van der Waals surface area contributed by atoms with E-state index in [0.29, 0.717) is 34.1 Å². The van der Waals surface area contributed by atoms with Crippen molar-refractivity contribution in [2.45, 2.75) is 19.8 Å². The van der Waals surface area contributed by atoms with Crippen LogP contribution in [0.15, 0.2) is 18.2 Å². The van der Waals surface area contributed by atoms with Gasteiger partial charge in [0.25, 0.3) is 5.91 Å². The van der Waals surface area contributed by atoms with Crippen molar-refractivity contribution in [1.82, 2.24) is 4.98 Å². The molecular weight excluding hydrogens is 342 g/mol. The fourth-order valence-corrected chi connectivity index (χ4v) is 3.82. The van der Waals surface area contributed by atoms with Crippen LogP contribution < -0.4 is 10.2 Å². The van der Waals surface area contributed by atoms with Crippen LogP contribution in [0, 0.1) is 5.92 Å². The van der Waals surface area contributed by atoms with Gasteiger partial charge in [-0.2, -0.15) is 0 Å². The van der Waals surface area contributed by atoms with Crippen LogP contribution in [-0.2, 0) is 9.53 Å². The molecule has 1 aromatic heterocycles. The van der Waals surface area contributed by atoms with E-state index in [1.165, 1.54) is 18.4 Å². The molecule has 1 aliphatic rings. The molecule has 1 aliphatic heterocycles. The average molecular weight is 365 g/mol. The maximum absolute atomic E-state index is 12.6. The number of piperidine rings is 1. The number of benzene rings is 1. The van der Waals surface area contributed by atoms with Gasteiger partial charge in [0.1, 0.15) is 5.69 Å². The number of likely N-dealkylation sites (tertiary alicyclic amines) is 1. The maximum Gasteiger partial charge on any atom is 0.356 e. The van der Waals surface area contributed by atoms with Crippen molar-refractivity contribution in [2.24, 2.45) is 5.92 Å². The van der Waals surface area contributed by atoms with Gasteiger partial charge >= 0.3 is 5.97 Å². The SMILES string of the molecule is COC(=O)c1[nH]c2cccc(Cl)c2c1NC(=O)C[NH+]1CCC[C@@H](C)C1. The van der Waals surface area contributed by atoms with Gasteiger partial charge < -0.3 is 19.9 Å². The third-order valence-electron chi connectivity index (χ3n) is 4.70. The monoisotopic (exact) mass is 364 g/mol. The van der Waals surface area contributed by atoms with Crippen LogP contribution in [0.3, 0.4) is 0 Å². The van der Waals surface area contributed by atoms with Crippen LogP contribution in [0.2, 0.25) is 5.02 Å². The molecule has 7 heteroatoms. The van der Waals surface area contributed by atoms with E-state index in [-0.39, 0.29) is 11.6 Å². The summed E-state index contributed by atoms with van der Waals surface area (Å²) in [5.41, 5.74) is 1.28. The zero-order chi connectivity index (χ0) is 18.0. The molecule has 1 fully saturated rings. The van der Waals surface area contributed by atoms with Crippen LogP contribution in [0.1, 0.15) is 30.3 Å². The van der Waals surface area contributed by atoms with Gasteiger partial charge in [-0.25, -0.2) is 4.79 Å². The highest BCUT2D eigenvalue weighted by Crippen LogP contribution is 2.33. The first-order valence-electron chi connectivity index (χ1n) is 8.51. The summed E-state index contributed by atoms with van der Waals surface area (Å²) in [5, 5.41) is 3.97. The number of halogens is 1. The van der Waals surface area contributed by atoms with E-state index in [9.17, 15) is 9.59 Å². The van der Waals surface area contributed by atoms with E-state index in [4.69, 9.17) is 16.3 Å². The summed E-state index contributed by atoms with van der Waals surface area (Å²) in [5.74, 6) is -0.0405. The molecular formula is C18H23ClN3O3+. The molecule has 0 aliphatic carbocycles. The lowest BCUT2D eigenvalue weighted by Gasteiger charge is -2.27. The zero-order valence-electron chi connectivity index (χ0n) is 14.4. The number of hydrogen-bond acceptors (Lipinski definition) is 3. The molecule has 3 rings (SSSR count). The van der Waals surface area contributed by atoms with Gasteiger partial charge in [-0.3, -0.25) is 4.79 Å². The highest BCUT2D eigenvalue weighted by atomic mass is 35.5. The number of fused-ring (bicyclic) bond motifs is 1. The van der Waals surface area contributed by atoms with Crippen molar-refractivity contribution < 1.29 is 19.2 Å². The molecule has 0 saturated carbocycles. The number of aromatic amines is 1. The number of rotatable bonds is 4. The Hall–Kier alpha value is -2.05. The second kappa shape index (κ2) is 7.45. The lowest BCUT2D eigenvalue weighted by Crippen LogP contribution is -3.14. The number of aromatic nitrogens is 1. The lowest BCUT2D eigenvalue weighted by molar-refractivity contribution is -0.900. The van der Waals surface area contributed by atoms with Crippen LogP contribution in [0.25, 0.3) is 10.9 Å². The van der Waals surface area contributed by atoms with Gasteiger partial charge in [-0.05, 0) is 25.0 Å². The maximum atomic E-state index is 12.6. The van der Waals surface area contributed by atoms with E-state index in [1.807, 2.05) is 0 Å². The summed E-state index contributed by atoms with van der Waals surface area (Å²) in [4.78, 5) is 28.9. The summed E-state index contributed by atoms with van der Waals surface area (Å²) >= 11 is 6.29. The molecule has 134 valence electrons. The molecule has 2 atom stereocenters. The molecule has 1 unspecified atom stereocenters. The Balaban J connectivity index is 1.86. The third-order valence-corrected chi connectivity index (χ3v) is 5.02. The van der Waals surface area contributed by atoms with Gasteiger partial charge in [-0.1, -0.05) is 24.6 Å². The van der Waals surface area contributed by atoms with E-state index >= 15 is 0 Å². The van der Waals surface area contributed by atoms with Gasteiger partial charge in [0.05, 0.1) is 30.9 Å². The van der Waals surface area contributed by atoms with Crippen molar-refractivity contribution in [1.29, 1.82) is 0 Å². The summed E-state index contributed by atoms with van der Waals surface area (Å²) in [7, 11) is 1.31. The normalized spacial score (nSPS) is 20.4. The number of H-pyrrole nitrogens is 1. The number of amides is 1. The Bertz CT molecular complexity index is 802. The molecule has 0 spiro atoms. The van der Waals surface area contributed by atoms with Gasteiger partial charge in [0.2, 0.25) is 0 Å². The van der Waals surface area contributed by atoms with Crippen LogP contribution in [0.5, 0.6) is 0 Å². The number of anilines is 1. The Morgan fingerprint density at radius 3 is 2.96 bits per heavy atom. The van der Waals surface area contributed by atoms with Crippen molar-refractivity contribution in [3.8, 4) is 0 Å². The van der Waals surface area contributed by atoms with Gasteiger partial charge in [0, 0.05) is 16.8 Å². The minimum Gasteiger partial charge on any atom is -0.464 e. The number of carbonyl (C=O) groups is 2. The van der Waals surface area contributed by atoms with Crippen molar-refractivity contribution >= 4 is 40.1 Å². The molecule has 1 amide bonds. The zero-order valence-corrected chi connectivity index (χ0v) is 15.2. The Labute approximate surface area is 151 Å². The molecule has 1 saturated heterocycles. The predicted molar refractivity (Wildman–Crippen MR) is 97.2 cm³/mol. The standard InChI is InChI=1S/C18H22ClN3O3/c1-11-5-4-8-22(9-11)10-14(23)21-16-15-12(19)6-3-7-13(15)20-17(16)18(24)25-2/h3,6-7,11,20H,4-5,8-10H2,1-2H3,(H,21,23)/p+1/t11-/m1/s1. The van der Waals surface area contributed by atoms with Crippen LogP contribution in [-0.4, -0.2) is 43.6 Å². The Morgan fingerprint density at radius 2 is 2.24 bits per heavy atom. The summed E-state index contributed by atoms with van der Waals surface area (Å²) in [6.07, 6.45) is 2.35. The largest absolute Gasteiger partial charge is 0.464 e. The quantitative estimate of drug-likeness (QED) is 0.725. The first kappa shape index (κ1) is 17.8. The van der Waals surface area contributed by atoms with Gasteiger partial charge in [-0.15, -0.1) is 0 Å². The first-order valence-corrected chi connectivity index (χ1v) is 8.89. The molecule has 1 aromatic carbocycles. The molecule has 6 nitrogen and oxygen atoms in total. The van der Waals surface area contributed by atoms with E-state index in [0.717, 1.165) is 19.5 Å². The number of hydrogen-bond donors (Lipinski definition) is 3. The molecule has 0 radical (unpaired) electrons. The Kier molecular flexibility index (Phi) is 5.30. The number of carbonyl (C=O) groups excluding carboxylic acids is 2. The molecule has 2 aromatic rings. The van der Waals surface area contributed by atoms with Gasteiger partial charge in [0.15, 0.2) is 6.54 Å². The summed E-state index contributed by atoms with van der Waals surface area (Å²) in [6, 6.07) is 5.32. The van der Waals surface area contributed by atoms with Crippen molar-refractivity contribution in [3.63, 3.8) is 0 Å². The second-order valence-corrected chi connectivity index (χ2v) is 7.11. The number of ether oxygens (including phenoxy) is 1. The fraction of sp³-hybridized carbons (Fsp3) is 0.444. The fourth-order valence-electron chi connectivity index (χ4n) is 3.55. The van der Waals surface area contributed by atoms with E-state index < -0.39 is 5.97 Å². The smallest absolute Gasteiger partial charge is 0.356 e. The number of methoxy groups -OCH3 is 1. The number of esters is 1. The topological polar surface area (TPSA) is 75.6 Å². The minimum absolute atomic E-state index is 0.130. The average Bonchev–Trinajstić information content (AvgIpc) is 2.94. The summed E-state index contributed by atoms with van der Waals surface area (Å²) < 4.78 is 4.82. The molecule has 0 bridgehead atoms. The minimum atomic E-state index is -0.540. The molecule has 25 heavy (non-hydrogen) atoms. The van der Waals surface area contributed by atoms with Crippen molar-refractivity contribution in [2.75, 3.05) is 32.1 Å². The lowest BCUT2D eigenvalue weighted by atomic mass is 10.0. The molecule has 3 N–H and O–H groups in total. The van der Waals surface area contributed by atoms with E-state index in [1.54, 1.807) is 18.2 Å². The third kappa shape index (κ3) is 3.80. The van der Waals surface area contributed by atoms with Crippen LogP contribution >= 0.6 is 11.6 Å². The summed E-state index contributed by atoms with van der Waals surface area (Å²) in [6.45, 7) is 4.58. The van der Waals surface area contributed by atoms with Crippen LogP contribution in [0.4, 0.5) is 5.69 Å². The number of quaternary nitrogens is 1. The Morgan fingerprint density at radius 1 is 1.44 bits per heavy atom. The van der Waals surface area contributed by atoms with E-state index in [2.05, 4.69) is 17.2 Å². The number of nitrogens with one attached hydrogen (secondary N) is 3. The highest BCUT2D eigenvalue weighted by Gasteiger charge is 2.25. The molecule has 2 heterocycles. The second-order valence-electron chi connectivity index (χ2n) is 6.71. The highest BCUT2D eigenvalue weighted by molar-refractivity contribution is 6.37. The predicted octanol–water partition coefficient (Wildman–Crippen LogP) is 1.86.